The second-order valence-electron chi connectivity index (χ2n) is 4.81. The van der Waals surface area contributed by atoms with E-state index in [1.54, 1.807) is 0 Å². The minimum atomic E-state index is -2.33. The van der Waals surface area contributed by atoms with Crippen molar-refractivity contribution in [3.63, 3.8) is 0 Å². The number of hydrogen-bond donors (Lipinski definition) is 0. The molecular weight excluding hydrogens is 332 g/mol. The molecule has 120 valence electrons. The van der Waals surface area contributed by atoms with Crippen molar-refractivity contribution in [2.45, 2.75) is 5.92 Å². The van der Waals surface area contributed by atoms with Gasteiger partial charge in [0.05, 0.1) is 11.5 Å². The molecule has 8 heteroatoms. The fraction of sp³-hybridized carbons (Fsp3) is 0.0667. The van der Waals surface area contributed by atoms with E-state index in [4.69, 9.17) is 0 Å². The van der Waals surface area contributed by atoms with Crippen LogP contribution >= 0.6 is 0 Å². The van der Waals surface area contributed by atoms with Crippen molar-refractivity contribution in [3.8, 4) is 0 Å². The SMILES string of the molecule is FC1=C(F)C(c2cc(F)ccc2F)c2c(F)c(F)c(F)c(F)c21. The molecule has 3 rings (SSSR count). The summed E-state index contributed by atoms with van der Waals surface area (Å²) in [6, 6.07) is 1.65. The van der Waals surface area contributed by atoms with Gasteiger partial charge in [-0.3, -0.25) is 0 Å². The first kappa shape index (κ1) is 15.5. The van der Waals surface area contributed by atoms with Crippen molar-refractivity contribution in [2.24, 2.45) is 0 Å². The second-order valence-corrected chi connectivity index (χ2v) is 4.81. The minimum Gasteiger partial charge on any atom is -0.208 e. The van der Waals surface area contributed by atoms with Gasteiger partial charge >= 0.3 is 0 Å². The molecule has 0 aromatic heterocycles. The first-order chi connectivity index (χ1) is 10.8. The van der Waals surface area contributed by atoms with Crippen molar-refractivity contribution >= 4 is 5.83 Å². The smallest absolute Gasteiger partial charge is 0.198 e. The average molecular weight is 336 g/mol. The van der Waals surface area contributed by atoms with Crippen LogP contribution in [0.1, 0.15) is 22.6 Å². The number of halogens is 8. The zero-order chi connectivity index (χ0) is 17.0. The van der Waals surface area contributed by atoms with E-state index >= 15 is 0 Å². The largest absolute Gasteiger partial charge is 0.208 e. The van der Waals surface area contributed by atoms with E-state index in [1.165, 1.54) is 0 Å². The molecule has 0 amide bonds. The highest BCUT2D eigenvalue weighted by Gasteiger charge is 2.42. The van der Waals surface area contributed by atoms with E-state index in [-0.39, 0.29) is 0 Å². The average Bonchev–Trinajstić information content (AvgIpc) is 2.78. The minimum absolute atomic E-state index is 0.431. The van der Waals surface area contributed by atoms with Crippen molar-refractivity contribution < 1.29 is 35.1 Å². The van der Waals surface area contributed by atoms with E-state index in [0.717, 1.165) is 0 Å². The van der Waals surface area contributed by atoms with Gasteiger partial charge in [0.25, 0.3) is 0 Å². The van der Waals surface area contributed by atoms with Gasteiger partial charge in [0.15, 0.2) is 29.1 Å². The molecule has 0 saturated carbocycles. The standard InChI is InChI=1S/C15H4F8/c16-4-1-2-6(17)5(3-4)7-8-9(12(20)10(7)18)13(21)15(23)14(22)11(8)19/h1-3,7H. The fourth-order valence-electron chi connectivity index (χ4n) is 2.54. The maximum Gasteiger partial charge on any atom is 0.198 e. The third kappa shape index (κ3) is 2.04. The molecular formula is C15H4F8. The summed E-state index contributed by atoms with van der Waals surface area (Å²) in [7, 11) is 0. The van der Waals surface area contributed by atoms with Gasteiger partial charge in [-0.1, -0.05) is 0 Å². The lowest BCUT2D eigenvalue weighted by atomic mass is 9.91. The molecule has 2 aromatic rings. The van der Waals surface area contributed by atoms with E-state index in [9.17, 15) is 35.1 Å². The van der Waals surface area contributed by atoms with E-state index < -0.39 is 69.2 Å². The van der Waals surface area contributed by atoms with E-state index in [0.29, 0.717) is 18.2 Å². The van der Waals surface area contributed by atoms with Gasteiger partial charge in [-0.15, -0.1) is 0 Å². The van der Waals surface area contributed by atoms with Crippen LogP contribution in [-0.2, 0) is 0 Å². The van der Waals surface area contributed by atoms with Crippen molar-refractivity contribution in [2.75, 3.05) is 0 Å². The van der Waals surface area contributed by atoms with Crippen LogP contribution in [-0.4, -0.2) is 0 Å². The Morgan fingerprint density at radius 1 is 0.696 bits per heavy atom. The highest BCUT2D eigenvalue weighted by atomic mass is 19.2. The highest BCUT2D eigenvalue weighted by molar-refractivity contribution is 5.75. The third-order valence-electron chi connectivity index (χ3n) is 3.54. The summed E-state index contributed by atoms with van der Waals surface area (Å²) in [5, 5.41) is 0. The molecule has 1 unspecified atom stereocenters. The van der Waals surface area contributed by atoms with Crippen LogP contribution in [0.5, 0.6) is 0 Å². The van der Waals surface area contributed by atoms with Gasteiger partial charge in [-0.2, -0.15) is 0 Å². The van der Waals surface area contributed by atoms with Gasteiger partial charge in [0.2, 0.25) is 0 Å². The van der Waals surface area contributed by atoms with Crippen molar-refractivity contribution in [3.05, 3.63) is 75.6 Å². The Morgan fingerprint density at radius 3 is 1.96 bits per heavy atom. The van der Waals surface area contributed by atoms with Crippen LogP contribution in [0, 0.1) is 34.9 Å². The number of fused-ring (bicyclic) bond motifs is 1. The maximum absolute atomic E-state index is 14.0. The molecule has 23 heavy (non-hydrogen) atoms. The van der Waals surface area contributed by atoms with Crippen molar-refractivity contribution in [1.82, 2.24) is 0 Å². The molecule has 0 saturated heterocycles. The van der Waals surface area contributed by atoms with Gasteiger partial charge in [0, 0.05) is 11.1 Å². The van der Waals surface area contributed by atoms with Crippen LogP contribution in [0.25, 0.3) is 5.83 Å². The fourth-order valence-corrected chi connectivity index (χ4v) is 2.54. The number of benzene rings is 2. The lowest BCUT2D eigenvalue weighted by Crippen LogP contribution is -2.10. The second kappa shape index (κ2) is 5.07. The van der Waals surface area contributed by atoms with Crippen LogP contribution in [0.15, 0.2) is 24.0 Å². The van der Waals surface area contributed by atoms with E-state index in [2.05, 4.69) is 0 Å². The van der Waals surface area contributed by atoms with Crippen LogP contribution in [0.2, 0.25) is 0 Å². The Morgan fingerprint density at radius 2 is 1.30 bits per heavy atom. The Bertz CT molecular complexity index is 869. The van der Waals surface area contributed by atoms with Crippen LogP contribution in [0.4, 0.5) is 35.1 Å². The molecule has 0 nitrogen and oxygen atoms in total. The van der Waals surface area contributed by atoms with Crippen molar-refractivity contribution in [1.29, 1.82) is 0 Å². The van der Waals surface area contributed by atoms with Gasteiger partial charge in [-0.25, -0.2) is 35.1 Å². The summed E-state index contributed by atoms with van der Waals surface area (Å²) in [6.45, 7) is 0. The normalized spacial score (nSPS) is 17.0. The molecule has 0 fully saturated rings. The Kier molecular flexibility index (Phi) is 3.42. The molecule has 0 bridgehead atoms. The monoisotopic (exact) mass is 336 g/mol. The predicted molar refractivity (Wildman–Crippen MR) is 63.6 cm³/mol. The summed E-state index contributed by atoms with van der Waals surface area (Å²) in [4.78, 5) is 0. The van der Waals surface area contributed by atoms with E-state index in [1.807, 2.05) is 0 Å². The Labute approximate surface area is 123 Å². The molecule has 0 N–H and O–H groups in total. The molecule has 0 aliphatic heterocycles. The first-order valence-electron chi connectivity index (χ1n) is 6.12. The molecule has 1 atom stereocenters. The quantitative estimate of drug-likeness (QED) is 0.378. The summed E-state index contributed by atoms with van der Waals surface area (Å²) < 4.78 is 109. The first-order valence-corrected chi connectivity index (χ1v) is 6.12. The van der Waals surface area contributed by atoms with Gasteiger partial charge < -0.3 is 0 Å². The summed E-state index contributed by atoms with van der Waals surface area (Å²) in [5.74, 6) is -17.3. The molecule has 1 aliphatic rings. The predicted octanol–water partition coefficient (Wildman–Crippen LogP) is 5.27. The molecule has 1 aliphatic carbocycles. The lowest BCUT2D eigenvalue weighted by molar-refractivity contribution is 0.401. The topological polar surface area (TPSA) is 0 Å². The zero-order valence-corrected chi connectivity index (χ0v) is 10.8. The maximum atomic E-state index is 14.0. The molecule has 2 aromatic carbocycles. The lowest BCUT2D eigenvalue weighted by Gasteiger charge is -2.15. The van der Waals surface area contributed by atoms with Crippen LogP contribution < -0.4 is 0 Å². The molecule has 0 spiro atoms. The Balaban J connectivity index is 2.39. The summed E-state index contributed by atoms with van der Waals surface area (Å²) in [6.07, 6.45) is 0. The van der Waals surface area contributed by atoms with Gasteiger partial charge in [-0.05, 0) is 18.2 Å². The van der Waals surface area contributed by atoms with Gasteiger partial charge in [0.1, 0.15) is 17.5 Å². The number of hydrogen-bond acceptors (Lipinski definition) is 0. The number of allylic oxidation sites excluding steroid dienone is 1. The van der Waals surface area contributed by atoms with Crippen LogP contribution in [0.3, 0.4) is 0 Å². The number of rotatable bonds is 1. The molecule has 0 radical (unpaired) electrons. The molecule has 0 heterocycles. The third-order valence-corrected chi connectivity index (χ3v) is 3.54. The zero-order valence-electron chi connectivity index (χ0n) is 10.8. The Hall–Kier alpha value is -2.38. The summed E-state index contributed by atoms with van der Waals surface area (Å²) >= 11 is 0. The summed E-state index contributed by atoms with van der Waals surface area (Å²) in [5.41, 5.74) is -3.62. The highest BCUT2D eigenvalue weighted by Crippen LogP contribution is 2.50.